The summed E-state index contributed by atoms with van der Waals surface area (Å²) in [6, 6.07) is 0.484. The predicted molar refractivity (Wildman–Crippen MR) is 97.5 cm³/mol. The molecule has 0 aromatic heterocycles. The van der Waals surface area contributed by atoms with Crippen LogP contribution in [0.1, 0.15) is 65.2 Å². The van der Waals surface area contributed by atoms with Crippen LogP contribution in [0.15, 0.2) is 11.6 Å². The lowest BCUT2D eigenvalue weighted by atomic mass is 9.46. The molecule has 0 spiro atoms. The Hall–Kier alpha value is 0.430. The molecule has 1 nitrogen and oxygen atoms in total. The third-order valence-corrected chi connectivity index (χ3v) is 9.89. The van der Waals surface area contributed by atoms with E-state index in [9.17, 15) is 0 Å². The highest BCUT2D eigenvalue weighted by molar-refractivity contribution is 14.1. The van der Waals surface area contributed by atoms with Crippen molar-refractivity contribution in [2.45, 2.75) is 75.2 Å². The van der Waals surface area contributed by atoms with E-state index in [0.717, 1.165) is 21.7 Å². The van der Waals surface area contributed by atoms with Crippen LogP contribution in [0, 0.1) is 28.6 Å². The van der Waals surface area contributed by atoms with Crippen molar-refractivity contribution >= 4 is 22.6 Å². The Bertz CT molecular complexity index is 472. The van der Waals surface area contributed by atoms with Crippen molar-refractivity contribution in [3.8, 4) is 0 Å². The van der Waals surface area contributed by atoms with Crippen LogP contribution in [0.25, 0.3) is 0 Å². The summed E-state index contributed by atoms with van der Waals surface area (Å²) in [5.74, 6) is 2.76. The zero-order valence-corrected chi connectivity index (χ0v) is 15.7. The molecule has 118 valence electrons. The van der Waals surface area contributed by atoms with Gasteiger partial charge < -0.3 is 5.73 Å². The Morgan fingerprint density at radius 1 is 1.14 bits per heavy atom. The van der Waals surface area contributed by atoms with E-state index in [1.54, 1.807) is 0 Å². The molecule has 0 amide bonds. The molecule has 0 aromatic rings. The Kier molecular flexibility index (Phi) is 3.54. The first-order chi connectivity index (χ1) is 9.95. The molecule has 4 aliphatic carbocycles. The third kappa shape index (κ3) is 2.03. The van der Waals surface area contributed by atoms with Crippen LogP contribution in [0.5, 0.6) is 0 Å². The van der Waals surface area contributed by atoms with Gasteiger partial charge in [-0.05, 0) is 74.5 Å². The molecule has 0 saturated heterocycles. The predicted octanol–water partition coefficient (Wildman–Crippen LogP) is 5.08. The van der Waals surface area contributed by atoms with Crippen molar-refractivity contribution in [2.75, 3.05) is 0 Å². The third-order valence-electron chi connectivity index (χ3n) is 8.00. The molecular weight excluding hydrogens is 369 g/mol. The number of fused-ring (bicyclic) bond motifs is 5. The number of hydrogen-bond acceptors (Lipinski definition) is 1. The minimum atomic E-state index is 0.484. The van der Waals surface area contributed by atoms with E-state index in [2.05, 4.69) is 42.5 Å². The fourth-order valence-electron chi connectivity index (χ4n) is 6.57. The number of halogens is 1. The van der Waals surface area contributed by atoms with Gasteiger partial charge in [0.15, 0.2) is 0 Å². The van der Waals surface area contributed by atoms with Gasteiger partial charge in [-0.1, -0.05) is 48.1 Å². The van der Waals surface area contributed by atoms with E-state index >= 15 is 0 Å². The van der Waals surface area contributed by atoms with E-state index in [0.29, 0.717) is 16.9 Å². The van der Waals surface area contributed by atoms with Gasteiger partial charge in [-0.3, -0.25) is 0 Å². The van der Waals surface area contributed by atoms with Crippen LogP contribution in [0.3, 0.4) is 0 Å². The van der Waals surface area contributed by atoms with Crippen molar-refractivity contribution in [3.05, 3.63) is 11.6 Å². The summed E-state index contributed by atoms with van der Waals surface area (Å²) in [4.78, 5) is 0. The molecule has 0 heterocycles. The minimum Gasteiger partial charge on any atom is -0.328 e. The lowest BCUT2D eigenvalue weighted by molar-refractivity contribution is -0.0540. The molecule has 0 bridgehead atoms. The van der Waals surface area contributed by atoms with E-state index in [1.165, 1.54) is 51.4 Å². The van der Waals surface area contributed by atoms with Gasteiger partial charge in [-0.15, -0.1) is 0 Å². The summed E-state index contributed by atoms with van der Waals surface area (Å²) in [5, 5.41) is 0. The Morgan fingerprint density at radius 3 is 2.76 bits per heavy atom. The maximum Gasteiger partial charge on any atom is 0.0235 e. The van der Waals surface area contributed by atoms with Crippen molar-refractivity contribution < 1.29 is 0 Å². The monoisotopic (exact) mass is 399 g/mol. The normalized spacial score (nSPS) is 56.2. The summed E-state index contributed by atoms with van der Waals surface area (Å²) < 4.78 is 0.844. The van der Waals surface area contributed by atoms with Crippen LogP contribution < -0.4 is 5.73 Å². The van der Waals surface area contributed by atoms with Gasteiger partial charge in [-0.25, -0.2) is 0 Å². The molecule has 2 heteroatoms. The second kappa shape index (κ2) is 4.96. The number of rotatable bonds is 0. The van der Waals surface area contributed by atoms with E-state index in [4.69, 9.17) is 5.73 Å². The Morgan fingerprint density at radius 2 is 1.95 bits per heavy atom. The van der Waals surface area contributed by atoms with Crippen LogP contribution in [-0.2, 0) is 0 Å². The summed E-state index contributed by atoms with van der Waals surface area (Å²) in [5.41, 5.74) is 9.26. The number of hydrogen-bond donors (Lipinski definition) is 1. The number of allylic oxidation sites excluding steroid dienone is 2. The van der Waals surface area contributed by atoms with Crippen molar-refractivity contribution in [1.82, 2.24) is 0 Å². The number of alkyl halides is 1. The van der Waals surface area contributed by atoms with E-state index in [-0.39, 0.29) is 0 Å². The molecule has 3 saturated carbocycles. The van der Waals surface area contributed by atoms with Crippen molar-refractivity contribution in [1.29, 1.82) is 0 Å². The average Bonchev–Trinajstić information content (AvgIpc) is 2.76. The molecule has 0 aliphatic heterocycles. The summed E-state index contributed by atoms with van der Waals surface area (Å²) >= 11 is 2.72. The molecule has 2 N–H and O–H groups in total. The van der Waals surface area contributed by atoms with Crippen molar-refractivity contribution in [3.63, 3.8) is 0 Å². The number of nitrogens with two attached hydrogens (primary N) is 1. The van der Waals surface area contributed by atoms with Gasteiger partial charge in [0.05, 0.1) is 0 Å². The molecule has 21 heavy (non-hydrogen) atoms. The van der Waals surface area contributed by atoms with Gasteiger partial charge in [0.1, 0.15) is 0 Å². The first-order valence-electron chi connectivity index (χ1n) is 9.05. The van der Waals surface area contributed by atoms with Crippen LogP contribution in [-0.4, -0.2) is 9.97 Å². The fraction of sp³-hybridized carbons (Fsp3) is 0.895. The SMILES string of the molecule is C[C@@]12CC[C@@H](N)CC1CC[C@@H]1C3=CC[C@@H](I)[C@]3(C)CCC12. The van der Waals surface area contributed by atoms with E-state index in [1.807, 2.05) is 5.57 Å². The molecule has 4 rings (SSSR count). The second-order valence-electron chi connectivity index (χ2n) is 8.85. The molecule has 4 aliphatic rings. The van der Waals surface area contributed by atoms with Gasteiger partial charge in [0.2, 0.25) is 0 Å². The molecule has 3 fully saturated rings. The van der Waals surface area contributed by atoms with Crippen LogP contribution in [0.4, 0.5) is 0 Å². The highest BCUT2D eigenvalue weighted by atomic mass is 127. The lowest BCUT2D eigenvalue weighted by Gasteiger charge is -2.59. The van der Waals surface area contributed by atoms with Crippen LogP contribution >= 0.6 is 22.6 Å². The zero-order chi connectivity index (χ0) is 14.8. The average molecular weight is 399 g/mol. The fourth-order valence-corrected chi connectivity index (χ4v) is 7.49. The first kappa shape index (κ1) is 15.0. The highest BCUT2D eigenvalue weighted by Crippen LogP contribution is 2.65. The maximum atomic E-state index is 6.28. The Balaban J connectivity index is 1.65. The first-order valence-corrected chi connectivity index (χ1v) is 10.3. The standard InChI is InChI=1S/C19H30IN/c1-18-9-7-13(21)11-12(18)3-4-14-15-5-6-17(20)19(15,2)10-8-16(14)18/h5,12-14,16-17H,3-4,6-11,21H2,1-2H3/t12?,13-,14-,16?,17-,18-,19-/m1/s1. The molecule has 0 radical (unpaired) electrons. The summed E-state index contributed by atoms with van der Waals surface area (Å²) in [6.45, 7) is 5.18. The van der Waals surface area contributed by atoms with E-state index < -0.39 is 0 Å². The van der Waals surface area contributed by atoms with Crippen LogP contribution in [0.2, 0.25) is 0 Å². The molecule has 7 atom stereocenters. The molecule has 2 unspecified atom stereocenters. The van der Waals surface area contributed by atoms with Gasteiger partial charge in [-0.2, -0.15) is 0 Å². The maximum absolute atomic E-state index is 6.28. The highest BCUT2D eigenvalue weighted by Gasteiger charge is 2.56. The second-order valence-corrected chi connectivity index (χ2v) is 10.3. The van der Waals surface area contributed by atoms with Crippen molar-refractivity contribution in [2.24, 2.45) is 34.3 Å². The largest absolute Gasteiger partial charge is 0.328 e. The van der Waals surface area contributed by atoms with Gasteiger partial charge >= 0.3 is 0 Å². The summed E-state index contributed by atoms with van der Waals surface area (Å²) in [6.07, 6.45) is 13.7. The molecular formula is C19H30IN. The Labute approximate surface area is 143 Å². The topological polar surface area (TPSA) is 26.0 Å². The smallest absolute Gasteiger partial charge is 0.0235 e. The summed E-state index contributed by atoms with van der Waals surface area (Å²) in [7, 11) is 0. The van der Waals surface area contributed by atoms with Gasteiger partial charge in [0.25, 0.3) is 0 Å². The quantitative estimate of drug-likeness (QED) is 0.343. The minimum absolute atomic E-state index is 0.484. The zero-order valence-electron chi connectivity index (χ0n) is 13.6. The molecule has 0 aromatic carbocycles. The van der Waals surface area contributed by atoms with Gasteiger partial charge in [0, 0.05) is 15.4 Å². The lowest BCUT2D eigenvalue weighted by Crippen LogP contribution is -2.52.